The Morgan fingerprint density at radius 1 is 1.07 bits per heavy atom. The van der Waals surface area contributed by atoms with Gasteiger partial charge < -0.3 is 0 Å². The van der Waals surface area contributed by atoms with Crippen LogP contribution in [0, 0.1) is 20.2 Å². The summed E-state index contributed by atoms with van der Waals surface area (Å²) < 4.78 is 0. The van der Waals surface area contributed by atoms with Crippen LogP contribution in [0.25, 0.3) is 0 Å². The van der Waals surface area contributed by atoms with E-state index in [0.717, 1.165) is 49.1 Å². The number of nitrogens with zero attached hydrogens (tertiary/aromatic N) is 5. The highest BCUT2D eigenvalue weighted by molar-refractivity contribution is 7.15. The van der Waals surface area contributed by atoms with Gasteiger partial charge in [0.15, 0.2) is 0 Å². The van der Waals surface area contributed by atoms with Crippen molar-refractivity contribution in [1.82, 2.24) is 15.1 Å². The van der Waals surface area contributed by atoms with Gasteiger partial charge in [-0.3, -0.25) is 35.2 Å². The average molecular weight is 392 g/mol. The van der Waals surface area contributed by atoms with Crippen LogP contribution < -0.4 is 5.32 Å². The van der Waals surface area contributed by atoms with Crippen molar-refractivity contribution in [2.75, 3.05) is 18.4 Å². The Hall–Kier alpha value is -2.99. The molecule has 2 heterocycles. The number of anilines is 1. The number of likely N-dealkylation sites (tertiary alicyclic amines) is 1. The Bertz CT molecular complexity index is 847. The molecular formula is C15H16N6O5S. The van der Waals surface area contributed by atoms with Crippen molar-refractivity contribution in [2.45, 2.75) is 25.8 Å². The van der Waals surface area contributed by atoms with E-state index in [4.69, 9.17) is 0 Å². The number of carbonyl (C=O) groups excluding carboxylic acids is 1. The van der Waals surface area contributed by atoms with Crippen LogP contribution in [0.3, 0.4) is 0 Å². The predicted molar refractivity (Wildman–Crippen MR) is 96.7 cm³/mol. The molecule has 1 amide bonds. The first-order chi connectivity index (χ1) is 12.9. The standard InChI is InChI=1S/C15H16N6O5S/c22-14(10-6-11(20(23)24)8-12(7-10)21(25)26)16-15-18-17-13(27-15)9-19-4-2-1-3-5-19/h6-8H,1-5,9H2,(H,16,18,22). The molecule has 0 unspecified atom stereocenters. The highest BCUT2D eigenvalue weighted by Gasteiger charge is 2.21. The molecule has 1 fully saturated rings. The lowest BCUT2D eigenvalue weighted by Gasteiger charge is -2.24. The molecule has 0 saturated carbocycles. The van der Waals surface area contributed by atoms with Crippen molar-refractivity contribution in [2.24, 2.45) is 0 Å². The maximum atomic E-state index is 12.3. The fourth-order valence-corrected chi connectivity index (χ4v) is 3.56. The molecule has 0 spiro atoms. The molecule has 1 saturated heterocycles. The van der Waals surface area contributed by atoms with E-state index in [2.05, 4.69) is 20.4 Å². The van der Waals surface area contributed by atoms with Crippen LogP contribution in [0.5, 0.6) is 0 Å². The quantitative estimate of drug-likeness (QED) is 0.583. The molecule has 27 heavy (non-hydrogen) atoms. The lowest BCUT2D eigenvalue weighted by molar-refractivity contribution is -0.394. The number of nitrogens with one attached hydrogen (secondary N) is 1. The molecule has 1 aliphatic heterocycles. The summed E-state index contributed by atoms with van der Waals surface area (Å²) in [5.41, 5.74) is -1.25. The average Bonchev–Trinajstić information content (AvgIpc) is 3.08. The Morgan fingerprint density at radius 2 is 1.70 bits per heavy atom. The van der Waals surface area contributed by atoms with E-state index in [9.17, 15) is 25.0 Å². The van der Waals surface area contributed by atoms with Gasteiger partial charge in [-0.25, -0.2) is 0 Å². The highest BCUT2D eigenvalue weighted by atomic mass is 32.1. The number of piperidine rings is 1. The Kier molecular flexibility index (Phi) is 5.66. The van der Waals surface area contributed by atoms with Gasteiger partial charge in [0.2, 0.25) is 5.13 Å². The van der Waals surface area contributed by atoms with Gasteiger partial charge in [-0.2, -0.15) is 0 Å². The van der Waals surface area contributed by atoms with E-state index in [-0.39, 0.29) is 10.7 Å². The van der Waals surface area contributed by atoms with Crippen molar-refractivity contribution >= 4 is 33.8 Å². The van der Waals surface area contributed by atoms with Gasteiger partial charge in [0.05, 0.1) is 28.0 Å². The third-order valence-corrected chi connectivity index (χ3v) is 4.90. The summed E-state index contributed by atoms with van der Waals surface area (Å²) in [6.07, 6.45) is 3.52. The summed E-state index contributed by atoms with van der Waals surface area (Å²) in [4.78, 5) is 34.9. The van der Waals surface area contributed by atoms with Crippen molar-refractivity contribution in [3.8, 4) is 0 Å². The fourth-order valence-electron chi connectivity index (χ4n) is 2.78. The number of benzene rings is 1. The summed E-state index contributed by atoms with van der Waals surface area (Å²) in [5, 5.41) is 33.3. The minimum absolute atomic E-state index is 0.191. The second-order valence-electron chi connectivity index (χ2n) is 6.04. The van der Waals surface area contributed by atoms with Crippen LogP contribution in [0.4, 0.5) is 16.5 Å². The lowest BCUT2D eigenvalue weighted by Crippen LogP contribution is -2.28. The van der Waals surface area contributed by atoms with E-state index >= 15 is 0 Å². The molecule has 12 heteroatoms. The highest BCUT2D eigenvalue weighted by Crippen LogP contribution is 2.24. The van der Waals surface area contributed by atoms with E-state index in [1.54, 1.807) is 0 Å². The number of rotatable bonds is 6. The zero-order valence-corrected chi connectivity index (χ0v) is 15.0. The van der Waals surface area contributed by atoms with Crippen molar-refractivity contribution in [1.29, 1.82) is 0 Å². The van der Waals surface area contributed by atoms with E-state index in [1.165, 1.54) is 17.8 Å². The van der Waals surface area contributed by atoms with Gasteiger partial charge in [-0.15, -0.1) is 10.2 Å². The van der Waals surface area contributed by atoms with Gasteiger partial charge in [0, 0.05) is 12.1 Å². The Balaban J connectivity index is 1.71. The summed E-state index contributed by atoms with van der Waals surface area (Å²) in [6.45, 7) is 2.65. The zero-order chi connectivity index (χ0) is 19.4. The van der Waals surface area contributed by atoms with Crippen LogP contribution in [0.15, 0.2) is 18.2 Å². The summed E-state index contributed by atoms with van der Waals surface area (Å²) in [6, 6.07) is 2.77. The summed E-state index contributed by atoms with van der Waals surface area (Å²) in [7, 11) is 0. The molecule has 11 nitrogen and oxygen atoms in total. The molecule has 1 aliphatic rings. The Morgan fingerprint density at radius 3 is 2.30 bits per heavy atom. The maximum absolute atomic E-state index is 12.3. The normalized spacial score (nSPS) is 14.7. The largest absolute Gasteiger partial charge is 0.297 e. The number of amides is 1. The van der Waals surface area contributed by atoms with Crippen LogP contribution in [-0.4, -0.2) is 43.9 Å². The summed E-state index contributed by atoms with van der Waals surface area (Å²) >= 11 is 1.21. The van der Waals surface area contributed by atoms with Gasteiger partial charge >= 0.3 is 0 Å². The molecule has 0 bridgehead atoms. The number of hydrogen-bond acceptors (Lipinski definition) is 9. The molecule has 0 radical (unpaired) electrons. The minimum atomic E-state index is -0.786. The number of hydrogen-bond donors (Lipinski definition) is 1. The maximum Gasteiger partial charge on any atom is 0.277 e. The van der Waals surface area contributed by atoms with Gasteiger partial charge in [-0.1, -0.05) is 17.8 Å². The van der Waals surface area contributed by atoms with Crippen molar-refractivity contribution in [3.63, 3.8) is 0 Å². The first kappa shape index (κ1) is 18.8. The van der Waals surface area contributed by atoms with Gasteiger partial charge in [0.25, 0.3) is 17.3 Å². The monoisotopic (exact) mass is 392 g/mol. The molecule has 0 aliphatic carbocycles. The van der Waals surface area contributed by atoms with E-state index in [0.29, 0.717) is 6.54 Å². The zero-order valence-electron chi connectivity index (χ0n) is 14.2. The van der Waals surface area contributed by atoms with Gasteiger partial charge in [-0.05, 0) is 25.9 Å². The second kappa shape index (κ2) is 8.14. The third kappa shape index (κ3) is 4.80. The van der Waals surface area contributed by atoms with Crippen molar-refractivity contribution in [3.05, 3.63) is 49.0 Å². The first-order valence-corrected chi connectivity index (χ1v) is 9.04. The molecular weight excluding hydrogens is 376 g/mol. The number of nitro benzene ring substituents is 2. The molecule has 2 aromatic rings. The lowest BCUT2D eigenvalue weighted by atomic mass is 10.1. The van der Waals surface area contributed by atoms with E-state index in [1.807, 2.05) is 0 Å². The van der Waals surface area contributed by atoms with Crippen LogP contribution in [0.1, 0.15) is 34.6 Å². The Labute approximate surface area is 157 Å². The van der Waals surface area contributed by atoms with E-state index < -0.39 is 27.1 Å². The SMILES string of the molecule is O=C(Nc1nnc(CN2CCCCC2)s1)c1cc([N+](=O)[O-])cc([N+](=O)[O-])c1. The molecule has 1 N–H and O–H groups in total. The third-order valence-electron chi connectivity index (χ3n) is 4.08. The number of non-ortho nitro benzene ring substituents is 2. The van der Waals surface area contributed by atoms with Crippen LogP contribution in [0.2, 0.25) is 0 Å². The number of nitro groups is 2. The first-order valence-electron chi connectivity index (χ1n) is 8.22. The molecule has 3 rings (SSSR count). The molecule has 142 valence electrons. The number of carbonyl (C=O) groups is 1. The van der Waals surface area contributed by atoms with Crippen molar-refractivity contribution < 1.29 is 14.6 Å². The smallest absolute Gasteiger partial charge is 0.277 e. The predicted octanol–water partition coefficient (Wildman–Crippen LogP) is 2.59. The van der Waals surface area contributed by atoms with Gasteiger partial charge in [0.1, 0.15) is 5.01 Å². The van der Waals surface area contributed by atoms with Crippen LogP contribution in [-0.2, 0) is 6.54 Å². The molecule has 1 aromatic carbocycles. The second-order valence-corrected chi connectivity index (χ2v) is 7.11. The number of aromatic nitrogens is 2. The van der Waals surface area contributed by atoms with Crippen LogP contribution >= 0.6 is 11.3 Å². The molecule has 0 atom stereocenters. The summed E-state index contributed by atoms with van der Waals surface area (Å²) in [5.74, 6) is -0.720. The minimum Gasteiger partial charge on any atom is -0.297 e. The molecule has 1 aromatic heterocycles. The fraction of sp³-hybridized carbons (Fsp3) is 0.400. The topological polar surface area (TPSA) is 144 Å².